The quantitative estimate of drug-likeness (QED) is 0.878. The number of para-hydroxylation sites is 1. The maximum atomic E-state index is 12.1. The van der Waals surface area contributed by atoms with Gasteiger partial charge < -0.3 is 10.2 Å². The summed E-state index contributed by atoms with van der Waals surface area (Å²) in [6, 6.07) is 4.91. The van der Waals surface area contributed by atoms with Gasteiger partial charge in [0.15, 0.2) is 0 Å². The number of halogens is 3. The zero-order valence-corrected chi connectivity index (χ0v) is 13.6. The van der Waals surface area contributed by atoms with Crippen molar-refractivity contribution >= 4 is 52.1 Å². The van der Waals surface area contributed by atoms with Crippen molar-refractivity contribution < 1.29 is 4.79 Å². The average Bonchev–Trinajstić information content (AvgIpc) is 2.46. The SMILES string of the molecule is CN(CC(=O)Nc1c(Cl)cccc1Cl)c1cn[nH]c(=O)c1Cl. The van der Waals surface area contributed by atoms with Gasteiger partial charge in [-0.15, -0.1) is 0 Å². The smallest absolute Gasteiger partial charge is 0.285 e. The van der Waals surface area contributed by atoms with Crippen LogP contribution in [0.4, 0.5) is 11.4 Å². The van der Waals surface area contributed by atoms with Crippen molar-refractivity contribution in [1.82, 2.24) is 10.2 Å². The van der Waals surface area contributed by atoms with Crippen LogP contribution in [-0.4, -0.2) is 29.7 Å². The normalized spacial score (nSPS) is 10.4. The Balaban J connectivity index is 2.12. The first-order valence-electron chi connectivity index (χ1n) is 6.08. The number of hydrogen-bond acceptors (Lipinski definition) is 4. The lowest BCUT2D eigenvalue weighted by Crippen LogP contribution is -2.31. The minimum absolute atomic E-state index is 0.0407. The van der Waals surface area contributed by atoms with Gasteiger partial charge in [0.25, 0.3) is 5.56 Å². The fraction of sp³-hybridized carbons (Fsp3) is 0.154. The van der Waals surface area contributed by atoms with Gasteiger partial charge in [-0.3, -0.25) is 9.59 Å². The number of aromatic amines is 1. The van der Waals surface area contributed by atoms with E-state index in [1.54, 1.807) is 25.2 Å². The van der Waals surface area contributed by atoms with Crippen LogP contribution in [-0.2, 0) is 4.79 Å². The van der Waals surface area contributed by atoms with Crippen molar-refractivity contribution in [1.29, 1.82) is 0 Å². The van der Waals surface area contributed by atoms with Gasteiger partial charge in [-0.25, -0.2) is 5.10 Å². The number of carbonyl (C=O) groups excluding carboxylic acids is 1. The van der Waals surface area contributed by atoms with E-state index in [0.29, 0.717) is 21.4 Å². The number of hydrogen-bond donors (Lipinski definition) is 2. The summed E-state index contributed by atoms with van der Waals surface area (Å²) in [7, 11) is 1.61. The van der Waals surface area contributed by atoms with Gasteiger partial charge in [0.05, 0.1) is 34.2 Å². The van der Waals surface area contributed by atoms with Crippen LogP contribution >= 0.6 is 34.8 Å². The van der Waals surface area contributed by atoms with Crippen LogP contribution in [0.25, 0.3) is 0 Å². The lowest BCUT2D eigenvalue weighted by molar-refractivity contribution is -0.114. The van der Waals surface area contributed by atoms with Crippen LogP contribution in [0.5, 0.6) is 0 Å². The summed E-state index contributed by atoms with van der Waals surface area (Å²) in [5, 5.41) is 9.10. The molecule has 0 aliphatic heterocycles. The maximum Gasteiger partial charge on any atom is 0.285 e. The first-order valence-corrected chi connectivity index (χ1v) is 7.21. The van der Waals surface area contributed by atoms with Gasteiger partial charge in [-0.1, -0.05) is 40.9 Å². The van der Waals surface area contributed by atoms with Gasteiger partial charge in [0, 0.05) is 7.05 Å². The Morgan fingerprint density at radius 1 is 1.32 bits per heavy atom. The first-order chi connectivity index (χ1) is 10.4. The average molecular weight is 362 g/mol. The molecule has 0 radical (unpaired) electrons. The number of anilines is 2. The standard InChI is InChI=1S/C13H11Cl3N4O2/c1-20(9-5-17-19-13(22)11(9)16)6-10(21)18-12-7(14)3-2-4-8(12)15/h2-5H,6H2,1H3,(H,18,21)(H,19,22). The molecule has 0 atom stereocenters. The monoisotopic (exact) mass is 360 g/mol. The zero-order valence-electron chi connectivity index (χ0n) is 11.4. The molecule has 1 amide bonds. The molecule has 2 aromatic rings. The Morgan fingerprint density at radius 3 is 2.59 bits per heavy atom. The summed E-state index contributed by atoms with van der Waals surface area (Å²) in [6.45, 7) is -0.0631. The molecular weight excluding hydrogens is 351 g/mol. The maximum absolute atomic E-state index is 12.1. The topological polar surface area (TPSA) is 78.1 Å². The molecule has 1 aromatic carbocycles. The van der Waals surface area contributed by atoms with Crippen LogP contribution in [0.15, 0.2) is 29.2 Å². The van der Waals surface area contributed by atoms with Gasteiger partial charge >= 0.3 is 0 Å². The largest absolute Gasteiger partial charge is 0.363 e. The van der Waals surface area contributed by atoms with E-state index < -0.39 is 5.56 Å². The van der Waals surface area contributed by atoms with E-state index in [9.17, 15) is 9.59 Å². The van der Waals surface area contributed by atoms with E-state index >= 15 is 0 Å². The van der Waals surface area contributed by atoms with Crippen molar-refractivity contribution in [2.24, 2.45) is 0 Å². The fourth-order valence-electron chi connectivity index (χ4n) is 1.74. The molecule has 9 heteroatoms. The van der Waals surface area contributed by atoms with Gasteiger partial charge in [0.1, 0.15) is 5.02 Å². The number of nitrogens with zero attached hydrogens (tertiary/aromatic N) is 2. The van der Waals surface area contributed by atoms with E-state index in [1.807, 2.05) is 0 Å². The third-order valence-electron chi connectivity index (χ3n) is 2.80. The van der Waals surface area contributed by atoms with Gasteiger partial charge in [-0.05, 0) is 12.1 Å². The van der Waals surface area contributed by atoms with E-state index in [1.165, 1.54) is 11.1 Å². The molecule has 1 aromatic heterocycles. The second-order valence-electron chi connectivity index (χ2n) is 4.40. The Kier molecular flexibility index (Phi) is 5.28. The predicted molar refractivity (Wildman–Crippen MR) is 88.2 cm³/mol. The summed E-state index contributed by atoms with van der Waals surface area (Å²) >= 11 is 17.9. The number of carbonyl (C=O) groups is 1. The lowest BCUT2D eigenvalue weighted by Gasteiger charge is -2.19. The molecule has 0 saturated heterocycles. The van der Waals surface area contributed by atoms with E-state index in [0.717, 1.165) is 0 Å². The molecule has 2 rings (SSSR count). The number of likely N-dealkylation sites (N-methyl/N-ethyl adjacent to an activating group) is 1. The minimum Gasteiger partial charge on any atom is -0.363 e. The van der Waals surface area contributed by atoms with Gasteiger partial charge in [-0.2, -0.15) is 5.10 Å². The van der Waals surface area contributed by atoms with Crippen LogP contribution in [0.1, 0.15) is 0 Å². The lowest BCUT2D eigenvalue weighted by atomic mass is 10.3. The van der Waals surface area contributed by atoms with E-state index in [4.69, 9.17) is 34.8 Å². The summed E-state index contributed by atoms with van der Waals surface area (Å²) in [5.41, 5.74) is 0.144. The molecule has 0 aliphatic rings. The number of amides is 1. The number of benzene rings is 1. The van der Waals surface area contributed by atoms with E-state index in [2.05, 4.69) is 15.5 Å². The predicted octanol–water partition coefficient (Wildman–Crippen LogP) is 2.81. The highest BCUT2D eigenvalue weighted by Crippen LogP contribution is 2.29. The molecule has 22 heavy (non-hydrogen) atoms. The molecular formula is C13H11Cl3N4O2. The highest BCUT2D eigenvalue weighted by atomic mass is 35.5. The second kappa shape index (κ2) is 7.00. The second-order valence-corrected chi connectivity index (χ2v) is 5.59. The van der Waals surface area contributed by atoms with Crippen molar-refractivity contribution in [3.05, 3.63) is 49.8 Å². The van der Waals surface area contributed by atoms with Gasteiger partial charge in [0.2, 0.25) is 5.91 Å². The number of rotatable bonds is 4. The van der Waals surface area contributed by atoms with Crippen LogP contribution in [0.3, 0.4) is 0 Å². The van der Waals surface area contributed by atoms with Crippen molar-refractivity contribution in [2.75, 3.05) is 23.8 Å². The molecule has 0 spiro atoms. The molecule has 0 bridgehead atoms. The molecule has 6 nitrogen and oxygen atoms in total. The highest BCUT2D eigenvalue weighted by Gasteiger charge is 2.15. The molecule has 1 heterocycles. The highest BCUT2D eigenvalue weighted by molar-refractivity contribution is 6.39. The van der Waals surface area contributed by atoms with Crippen molar-refractivity contribution in [3.8, 4) is 0 Å². The van der Waals surface area contributed by atoms with Crippen LogP contribution in [0, 0.1) is 0 Å². The van der Waals surface area contributed by atoms with Crippen molar-refractivity contribution in [2.45, 2.75) is 0 Å². The Morgan fingerprint density at radius 2 is 1.95 bits per heavy atom. The summed E-state index contributed by atoms with van der Waals surface area (Å²) in [5.74, 6) is -0.367. The summed E-state index contributed by atoms with van der Waals surface area (Å²) < 4.78 is 0. The molecule has 0 saturated carbocycles. The fourth-order valence-corrected chi connectivity index (χ4v) is 2.46. The number of nitrogens with one attached hydrogen (secondary N) is 2. The van der Waals surface area contributed by atoms with Crippen LogP contribution in [0.2, 0.25) is 15.1 Å². The molecule has 0 fully saturated rings. The Bertz CT molecular complexity index is 743. The Labute approximate surface area is 141 Å². The third kappa shape index (κ3) is 3.71. The first kappa shape index (κ1) is 16.6. The van der Waals surface area contributed by atoms with E-state index in [-0.39, 0.29) is 17.5 Å². The number of aromatic nitrogens is 2. The minimum atomic E-state index is -0.527. The molecule has 0 aliphatic carbocycles. The summed E-state index contributed by atoms with van der Waals surface area (Å²) in [4.78, 5) is 25.0. The Hall–Kier alpha value is -1.76. The molecule has 2 N–H and O–H groups in total. The molecule has 0 unspecified atom stereocenters. The number of H-pyrrole nitrogens is 1. The summed E-state index contributed by atoms with van der Waals surface area (Å²) in [6.07, 6.45) is 1.36. The van der Waals surface area contributed by atoms with Crippen molar-refractivity contribution in [3.63, 3.8) is 0 Å². The molecule has 116 valence electrons. The third-order valence-corrected chi connectivity index (χ3v) is 3.79. The van der Waals surface area contributed by atoms with Crippen LogP contribution < -0.4 is 15.8 Å². The zero-order chi connectivity index (χ0) is 16.3.